The van der Waals surface area contributed by atoms with Crippen LogP contribution in [0.15, 0.2) is 18.2 Å². The third-order valence-corrected chi connectivity index (χ3v) is 4.82. The van der Waals surface area contributed by atoms with Crippen molar-refractivity contribution in [2.24, 2.45) is 0 Å². The van der Waals surface area contributed by atoms with Crippen molar-refractivity contribution < 1.29 is 9.50 Å². The van der Waals surface area contributed by atoms with Gasteiger partial charge < -0.3 is 9.67 Å². The molecule has 0 amide bonds. The maximum Gasteiger partial charge on any atom is 0.125 e. The molecule has 6 heteroatoms. The van der Waals surface area contributed by atoms with Gasteiger partial charge >= 0.3 is 0 Å². The average molecular weight is 334 g/mol. The zero-order valence-corrected chi connectivity index (χ0v) is 14.7. The van der Waals surface area contributed by atoms with Crippen LogP contribution in [-0.4, -0.2) is 62.8 Å². The molecule has 2 atom stereocenters. The molecule has 24 heavy (non-hydrogen) atoms. The van der Waals surface area contributed by atoms with Crippen LogP contribution >= 0.6 is 0 Å². The van der Waals surface area contributed by atoms with E-state index in [9.17, 15) is 9.50 Å². The van der Waals surface area contributed by atoms with Crippen molar-refractivity contribution in [3.8, 4) is 0 Å². The molecule has 0 radical (unpaired) electrons. The zero-order chi connectivity index (χ0) is 17.3. The van der Waals surface area contributed by atoms with E-state index >= 15 is 0 Å². The minimum absolute atomic E-state index is 0.241. The lowest BCUT2D eigenvalue weighted by Gasteiger charge is -2.40. The third-order valence-electron chi connectivity index (χ3n) is 4.82. The monoisotopic (exact) mass is 334 g/mol. The van der Waals surface area contributed by atoms with Crippen LogP contribution in [0.1, 0.15) is 26.6 Å². The highest BCUT2D eigenvalue weighted by Gasteiger charge is 2.25. The van der Waals surface area contributed by atoms with Gasteiger partial charge in [0.25, 0.3) is 0 Å². The summed E-state index contributed by atoms with van der Waals surface area (Å²) in [5.41, 5.74) is 1.72. The number of imidazole rings is 1. The zero-order valence-electron chi connectivity index (χ0n) is 14.7. The van der Waals surface area contributed by atoms with Crippen LogP contribution in [0.5, 0.6) is 0 Å². The van der Waals surface area contributed by atoms with Gasteiger partial charge in [-0.25, -0.2) is 9.37 Å². The average Bonchev–Trinajstić information content (AvgIpc) is 2.85. The van der Waals surface area contributed by atoms with Crippen molar-refractivity contribution in [3.63, 3.8) is 0 Å². The van der Waals surface area contributed by atoms with Gasteiger partial charge in [-0.05, 0) is 32.9 Å². The molecule has 0 spiro atoms. The number of halogens is 1. The molecule has 1 aliphatic rings. The van der Waals surface area contributed by atoms with Gasteiger partial charge in [-0.3, -0.25) is 9.80 Å². The van der Waals surface area contributed by atoms with E-state index in [4.69, 9.17) is 0 Å². The molecule has 0 saturated carbocycles. The summed E-state index contributed by atoms with van der Waals surface area (Å²) in [6.07, 6.45) is -0.293. The Labute approximate surface area is 142 Å². The molecule has 1 fully saturated rings. The minimum atomic E-state index is -0.293. The lowest BCUT2D eigenvalue weighted by molar-refractivity contribution is 0.0410. The number of aliphatic hydroxyl groups excluding tert-OH is 1. The molecule has 0 unspecified atom stereocenters. The molecule has 1 saturated heterocycles. The summed E-state index contributed by atoms with van der Waals surface area (Å²) in [7, 11) is 0. The smallest absolute Gasteiger partial charge is 0.125 e. The van der Waals surface area contributed by atoms with Crippen molar-refractivity contribution in [1.82, 2.24) is 19.4 Å². The van der Waals surface area contributed by atoms with Crippen LogP contribution in [0.25, 0.3) is 11.0 Å². The number of piperazine rings is 1. The Morgan fingerprint density at radius 3 is 2.83 bits per heavy atom. The number of hydrogen-bond donors (Lipinski definition) is 1. The molecule has 0 aliphatic carbocycles. The molecule has 1 aromatic carbocycles. The second-order valence-electron chi connectivity index (χ2n) is 6.83. The van der Waals surface area contributed by atoms with Gasteiger partial charge in [0.1, 0.15) is 11.6 Å². The number of aryl methyl sites for hydroxylation is 1. The van der Waals surface area contributed by atoms with E-state index in [0.717, 1.165) is 56.1 Å². The summed E-state index contributed by atoms with van der Waals surface area (Å²) in [5, 5.41) is 9.60. The number of rotatable bonds is 5. The lowest BCUT2D eigenvalue weighted by Crippen LogP contribution is -2.53. The predicted octanol–water partition coefficient (Wildman–Crippen LogP) is 2.08. The minimum Gasteiger partial charge on any atom is -0.392 e. The maximum atomic E-state index is 13.5. The van der Waals surface area contributed by atoms with Crippen LogP contribution in [0, 0.1) is 5.82 Å². The van der Waals surface area contributed by atoms with Crippen molar-refractivity contribution in [1.29, 1.82) is 0 Å². The first-order valence-electron chi connectivity index (χ1n) is 8.77. The van der Waals surface area contributed by atoms with Crippen LogP contribution in [0.4, 0.5) is 4.39 Å². The van der Waals surface area contributed by atoms with Gasteiger partial charge in [0.2, 0.25) is 0 Å². The van der Waals surface area contributed by atoms with Crippen molar-refractivity contribution in [2.75, 3.05) is 26.2 Å². The van der Waals surface area contributed by atoms with Crippen molar-refractivity contribution in [3.05, 3.63) is 29.8 Å². The fourth-order valence-electron chi connectivity index (χ4n) is 3.65. The topological polar surface area (TPSA) is 44.5 Å². The Morgan fingerprint density at radius 1 is 1.38 bits per heavy atom. The second kappa shape index (κ2) is 7.17. The Balaban J connectivity index is 1.74. The molecule has 2 aromatic rings. The van der Waals surface area contributed by atoms with Crippen LogP contribution in [0.3, 0.4) is 0 Å². The van der Waals surface area contributed by atoms with Crippen LogP contribution in [-0.2, 0) is 13.1 Å². The second-order valence-corrected chi connectivity index (χ2v) is 6.83. The van der Waals surface area contributed by atoms with Crippen LogP contribution in [0.2, 0.25) is 0 Å². The third kappa shape index (κ3) is 3.61. The summed E-state index contributed by atoms with van der Waals surface area (Å²) < 4.78 is 15.6. The lowest BCUT2D eigenvalue weighted by atomic mass is 10.1. The Morgan fingerprint density at radius 2 is 2.17 bits per heavy atom. The van der Waals surface area contributed by atoms with Gasteiger partial charge in [-0.15, -0.1) is 0 Å². The standard InChI is InChI=1S/C18H27FN4O/c1-4-23-17-6-5-15(19)9-16(17)20-18(23)12-21-7-8-22(11-14(3)24)13(2)10-21/h5-6,9,13-14,24H,4,7-8,10-12H2,1-3H3/t13-,14+/m0/s1. The first-order valence-corrected chi connectivity index (χ1v) is 8.77. The normalized spacial score (nSPS) is 21.5. The van der Waals surface area contributed by atoms with E-state index in [0.29, 0.717) is 6.04 Å². The molecular formula is C18H27FN4O. The SMILES string of the molecule is CCn1c(CN2CCN(C[C@@H](C)O)[C@@H](C)C2)nc2cc(F)ccc21. The van der Waals surface area contributed by atoms with Crippen LogP contribution < -0.4 is 0 Å². The van der Waals surface area contributed by atoms with Gasteiger partial charge in [0.05, 0.1) is 23.7 Å². The Kier molecular flexibility index (Phi) is 5.18. The largest absolute Gasteiger partial charge is 0.392 e. The number of fused-ring (bicyclic) bond motifs is 1. The number of aliphatic hydroxyl groups is 1. The first kappa shape index (κ1) is 17.3. The Hall–Kier alpha value is -1.50. The van der Waals surface area contributed by atoms with E-state index in [1.807, 2.05) is 13.0 Å². The van der Waals surface area contributed by atoms with E-state index in [2.05, 4.69) is 33.2 Å². The van der Waals surface area contributed by atoms with Gasteiger partial charge in [-0.2, -0.15) is 0 Å². The quantitative estimate of drug-likeness (QED) is 0.909. The fourth-order valence-corrected chi connectivity index (χ4v) is 3.65. The summed E-state index contributed by atoms with van der Waals surface area (Å²) in [6.45, 7) is 11.3. The first-order chi connectivity index (χ1) is 11.5. The number of nitrogens with zero attached hydrogens (tertiary/aromatic N) is 4. The molecule has 0 bridgehead atoms. The molecule has 1 N–H and O–H groups in total. The number of aromatic nitrogens is 2. The fraction of sp³-hybridized carbons (Fsp3) is 0.611. The molecule has 1 aliphatic heterocycles. The predicted molar refractivity (Wildman–Crippen MR) is 93.4 cm³/mol. The molecular weight excluding hydrogens is 307 g/mol. The van der Waals surface area contributed by atoms with E-state index in [1.165, 1.54) is 12.1 Å². The van der Waals surface area contributed by atoms with Gasteiger partial charge in [0, 0.05) is 44.8 Å². The van der Waals surface area contributed by atoms with Crippen molar-refractivity contribution >= 4 is 11.0 Å². The summed E-state index contributed by atoms with van der Waals surface area (Å²) in [6, 6.07) is 5.23. The number of hydrogen-bond acceptors (Lipinski definition) is 4. The summed E-state index contributed by atoms with van der Waals surface area (Å²) >= 11 is 0. The van der Waals surface area contributed by atoms with Gasteiger partial charge in [0.15, 0.2) is 0 Å². The molecule has 132 valence electrons. The molecule has 5 nitrogen and oxygen atoms in total. The highest BCUT2D eigenvalue weighted by atomic mass is 19.1. The number of β-amino-alcohol motifs (C(OH)–C–C–N with tert-alkyl or cyclic N) is 1. The van der Waals surface area contributed by atoms with Gasteiger partial charge in [-0.1, -0.05) is 0 Å². The maximum absolute atomic E-state index is 13.5. The molecule has 2 heterocycles. The molecule has 1 aromatic heterocycles. The molecule has 3 rings (SSSR count). The summed E-state index contributed by atoms with van der Waals surface area (Å²) in [4.78, 5) is 9.39. The Bertz CT molecular complexity index is 700. The van der Waals surface area contributed by atoms with E-state index < -0.39 is 0 Å². The summed E-state index contributed by atoms with van der Waals surface area (Å²) in [5.74, 6) is 0.754. The highest BCUT2D eigenvalue weighted by Crippen LogP contribution is 2.20. The van der Waals surface area contributed by atoms with Crippen molar-refractivity contribution in [2.45, 2.75) is 46.0 Å². The highest BCUT2D eigenvalue weighted by molar-refractivity contribution is 5.76. The van der Waals surface area contributed by atoms with E-state index in [-0.39, 0.29) is 11.9 Å². The van der Waals surface area contributed by atoms with E-state index in [1.54, 1.807) is 0 Å². The number of benzene rings is 1.